The highest BCUT2D eigenvalue weighted by atomic mass is 16.5. The van der Waals surface area contributed by atoms with Crippen LogP contribution in [-0.4, -0.2) is 156 Å². The highest BCUT2D eigenvalue weighted by Gasteiger charge is 2.46. The number of aromatic hydroxyl groups is 3. The maximum absolute atomic E-state index is 14.8. The summed E-state index contributed by atoms with van der Waals surface area (Å²) in [5, 5.41) is 64.9. The molecule has 2 bridgehead atoms. The molecule has 0 spiro atoms. The zero-order valence-corrected chi connectivity index (χ0v) is 43.3. The third-order valence-electron chi connectivity index (χ3n) is 13.3. The van der Waals surface area contributed by atoms with E-state index in [4.69, 9.17) is 10.5 Å². The topological polar surface area (TPSA) is 357 Å². The average molecular weight is 1060 g/mol. The van der Waals surface area contributed by atoms with Crippen LogP contribution in [0.3, 0.4) is 0 Å². The number of benzene rings is 3. The normalized spacial score (nSPS) is 24.0. The number of ether oxygens (including phenoxy) is 1. The molecular weight excluding hydrogens is 989 g/mol. The monoisotopic (exact) mass is 1060 g/mol. The minimum atomic E-state index is -1.93. The Kier molecular flexibility index (Phi) is 20.7. The molecule has 0 saturated carbocycles. The minimum Gasteiger partial charge on any atom is -0.508 e. The third kappa shape index (κ3) is 16.1. The Labute approximate surface area is 439 Å². The second-order valence-corrected chi connectivity index (χ2v) is 20.1. The van der Waals surface area contributed by atoms with Gasteiger partial charge in [0.15, 0.2) is 0 Å². The first kappa shape index (κ1) is 59.1. The number of esters is 1. The lowest BCUT2D eigenvalue weighted by molar-refractivity contribution is -0.166. The summed E-state index contributed by atoms with van der Waals surface area (Å²) < 4.78 is 5.88. The molecule has 2 saturated heterocycles. The fraction of sp³-hybridized carbons (Fsp3) is 0.491. The molecule has 5 rings (SSSR count). The number of fused-ring (bicyclic) bond motifs is 2. The SMILES string of the molecule is CC(C)CC1C(=O)N(C)C(Cc2ccc(O)cc2)C(=O)NC(C(C)C)C(=O)OC(C)C(NC(=O)C(Cc2ccc(O)cc2)NC(=O)C(O)Cc2ccc(O)cc2)C(=O)NC(CCC(N)=O)C(=O)NC2CCC(O)N1C2=O. The van der Waals surface area contributed by atoms with Crippen molar-refractivity contribution in [1.29, 1.82) is 0 Å². The first-order chi connectivity index (χ1) is 35.8. The molecule has 3 aromatic rings. The number of cyclic esters (lactones) is 1. The van der Waals surface area contributed by atoms with Gasteiger partial charge < -0.3 is 72.4 Å². The molecule has 23 heteroatoms. The van der Waals surface area contributed by atoms with E-state index >= 15 is 0 Å². The molecule has 2 aliphatic heterocycles. The van der Waals surface area contributed by atoms with Crippen LogP contribution in [0.5, 0.6) is 17.2 Å². The lowest BCUT2D eigenvalue weighted by Crippen LogP contribution is -2.65. The van der Waals surface area contributed by atoms with Crippen molar-refractivity contribution >= 4 is 53.2 Å². The molecule has 76 heavy (non-hydrogen) atoms. The predicted molar refractivity (Wildman–Crippen MR) is 272 cm³/mol. The number of nitrogens with zero attached hydrogens (tertiary/aromatic N) is 2. The second-order valence-electron chi connectivity index (χ2n) is 20.1. The summed E-state index contributed by atoms with van der Waals surface area (Å²) >= 11 is 0. The highest BCUT2D eigenvalue weighted by Crippen LogP contribution is 2.27. The summed E-state index contributed by atoms with van der Waals surface area (Å²) in [6.45, 7) is 7.95. The van der Waals surface area contributed by atoms with Crippen LogP contribution >= 0.6 is 0 Å². The van der Waals surface area contributed by atoms with Gasteiger partial charge in [0, 0.05) is 32.7 Å². The molecule has 12 N–H and O–H groups in total. The van der Waals surface area contributed by atoms with E-state index in [-0.39, 0.29) is 61.7 Å². The number of primary amides is 1. The molecule has 23 nitrogen and oxygen atoms in total. The van der Waals surface area contributed by atoms with Gasteiger partial charge in [-0.25, -0.2) is 4.79 Å². The van der Waals surface area contributed by atoms with Gasteiger partial charge in [-0.05, 0) is 97.5 Å². The molecule has 8 amide bonds. The van der Waals surface area contributed by atoms with Crippen LogP contribution in [0.1, 0.15) is 83.4 Å². The second kappa shape index (κ2) is 26.6. The van der Waals surface area contributed by atoms with Gasteiger partial charge in [-0.3, -0.25) is 38.4 Å². The summed E-state index contributed by atoms with van der Waals surface area (Å²) in [5.41, 5.74) is 6.81. The van der Waals surface area contributed by atoms with Crippen molar-refractivity contribution in [2.45, 2.75) is 147 Å². The molecule has 2 fully saturated rings. The Bertz CT molecular complexity index is 2560. The number of piperidine rings is 1. The lowest BCUT2D eigenvalue weighted by atomic mass is 9.94. The fourth-order valence-electron chi connectivity index (χ4n) is 8.93. The Morgan fingerprint density at radius 3 is 1.82 bits per heavy atom. The largest absolute Gasteiger partial charge is 0.508 e. The molecule has 2 aliphatic rings. The molecule has 10 atom stereocenters. The van der Waals surface area contributed by atoms with E-state index in [2.05, 4.69) is 26.6 Å². The summed E-state index contributed by atoms with van der Waals surface area (Å²) in [7, 11) is 1.33. The molecule has 2 heterocycles. The number of phenols is 3. The van der Waals surface area contributed by atoms with Crippen molar-refractivity contribution in [2.24, 2.45) is 17.6 Å². The van der Waals surface area contributed by atoms with Gasteiger partial charge in [-0.1, -0.05) is 64.1 Å². The van der Waals surface area contributed by atoms with Gasteiger partial charge in [-0.15, -0.1) is 0 Å². The zero-order chi connectivity index (χ0) is 56.1. The molecular formula is C53H70N8O15. The Balaban J connectivity index is 1.59. The van der Waals surface area contributed by atoms with E-state index in [0.717, 1.165) is 9.80 Å². The molecule has 3 aromatic carbocycles. The maximum Gasteiger partial charge on any atom is 0.329 e. The number of aliphatic hydroxyl groups is 2. The lowest BCUT2D eigenvalue weighted by Gasteiger charge is -2.43. The Morgan fingerprint density at radius 1 is 0.724 bits per heavy atom. The van der Waals surface area contributed by atoms with Gasteiger partial charge in [0.05, 0.1) is 0 Å². The van der Waals surface area contributed by atoms with Crippen LogP contribution in [0.2, 0.25) is 0 Å². The molecule has 0 radical (unpaired) electrons. The number of hydrogen-bond donors (Lipinski definition) is 11. The molecule has 0 aliphatic carbocycles. The fourth-order valence-corrected chi connectivity index (χ4v) is 8.93. The van der Waals surface area contributed by atoms with Gasteiger partial charge in [-0.2, -0.15) is 0 Å². The van der Waals surface area contributed by atoms with Gasteiger partial charge in [0.2, 0.25) is 47.3 Å². The van der Waals surface area contributed by atoms with Crippen LogP contribution in [0.15, 0.2) is 72.8 Å². The van der Waals surface area contributed by atoms with Crippen LogP contribution in [0.4, 0.5) is 0 Å². The smallest absolute Gasteiger partial charge is 0.329 e. The molecule has 10 unspecified atom stereocenters. The summed E-state index contributed by atoms with van der Waals surface area (Å²) in [6.07, 6.45) is -6.83. The van der Waals surface area contributed by atoms with Gasteiger partial charge >= 0.3 is 5.97 Å². The van der Waals surface area contributed by atoms with Crippen molar-refractivity contribution in [2.75, 3.05) is 7.05 Å². The summed E-state index contributed by atoms with van der Waals surface area (Å²) in [4.78, 5) is 130. The van der Waals surface area contributed by atoms with Crippen molar-refractivity contribution in [3.63, 3.8) is 0 Å². The molecule has 0 aromatic heterocycles. The predicted octanol–water partition coefficient (Wildman–Crippen LogP) is -0.334. The number of carbonyl (C=O) groups excluding carboxylic acids is 9. The number of carbonyl (C=O) groups is 9. The van der Waals surface area contributed by atoms with E-state index in [0.29, 0.717) is 16.7 Å². The number of nitrogens with one attached hydrogen (secondary N) is 5. The summed E-state index contributed by atoms with van der Waals surface area (Å²) in [5.74, 6) is -10.0. The number of hydrogen-bond acceptors (Lipinski definition) is 15. The van der Waals surface area contributed by atoms with Crippen molar-refractivity contribution < 1.29 is 73.4 Å². The van der Waals surface area contributed by atoms with E-state index in [9.17, 15) is 68.7 Å². The quantitative estimate of drug-likeness (QED) is 0.0819. The summed E-state index contributed by atoms with van der Waals surface area (Å²) in [6, 6.07) is 6.16. The Hall–Kier alpha value is -7.79. The maximum atomic E-state index is 14.8. The molecule has 412 valence electrons. The van der Waals surface area contributed by atoms with E-state index in [1.807, 2.05) is 0 Å². The van der Waals surface area contributed by atoms with E-state index in [1.165, 1.54) is 86.8 Å². The number of aliphatic hydroxyl groups excluding tert-OH is 2. The van der Waals surface area contributed by atoms with Crippen LogP contribution in [-0.2, 0) is 67.2 Å². The first-order valence-electron chi connectivity index (χ1n) is 25.1. The minimum absolute atomic E-state index is 0.0106. The van der Waals surface area contributed by atoms with Gasteiger partial charge in [0.1, 0.15) is 78.0 Å². The number of likely N-dealkylation sites (N-methyl/N-ethyl adjacent to an activating group) is 1. The van der Waals surface area contributed by atoms with Crippen molar-refractivity contribution in [1.82, 2.24) is 36.4 Å². The van der Waals surface area contributed by atoms with E-state index < -0.39 is 133 Å². The van der Waals surface area contributed by atoms with Gasteiger partial charge in [0.25, 0.3) is 0 Å². The standard InChI is InChI=1S/C53H70N8O15/c1-27(2)23-40-52(74)60(6)39(25-31-9-15-34(63)16-10-31)48(70)58-44(28(3)4)53(75)76-29(5)45(50(72)55-36(19-21-42(54)66)46(68)56-37-20-22-43(67)61(40)51(37)73)59-47(69)38(24-30-7-13-33(62)14-8-30)57-49(71)41(65)26-32-11-17-35(64)18-12-32/h7-18,27-29,36-41,43-45,62-65,67H,19-26H2,1-6H3,(H2,54,66)(H,55,72)(H,56,68)(H,57,71)(H,58,70)(H,59,69). The number of phenolic OH excluding ortho intramolecular Hbond substituents is 3. The van der Waals surface area contributed by atoms with Crippen LogP contribution in [0.25, 0.3) is 0 Å². The van der Waals surface area contributed by atoms with Crippen LogP contribution in [0, 0.1) is 11.8 Å². The van der Waals surface area contributed by atoms with E-state index in [1.54, 1.807) is 27.7 Å². The van der Waals surface area contributed by atoms with Crippen molar-refractivity contribution in [3.8, 4) is 17.2 Å². The first-order valence-corrected chi connectivity index (χ1v) is 25.1. The van der Waals surface area contributed by atoms with Crippen LogP contribution < -0.4 is 32.3 Å². The third-order valence-corrected chi connectivity index (χ3v) is 13.3. The number of amides is 8. The Morgan fingerprint density at radius 2 is 1.28 bits per heavy atom. The van der Waals surface area contributed by atoms with Crippen molar-refractivity contribution in [3.05, 3.63) is 89.5 Å². The number of rotatable bonds is 16. The average Bonchev–Trinajstić information content (AvgIpc) is 3.36. The number of nitrogens with two attached hydrogens (primary N) is 1. The highest BCUT2D eigenvalue weighted by molar-refractivity contribution is 5.98. The zero-order valence-electron chi connectivity index (χ0n) is 43.3.